The van der Waals surface area contributed by atoms with Gasteiger partial charge in [-0.05, 0) is 31.4 Å². The van der Waals surface area contributed by atoms with Crippen LogP contribution in [0.2, 0.25) is 0 Å². The van der Waals surface area contributed by atoms with Crippen LogP contribution in [0.15, 0.2) is 30.5 Å². The summed E-state index contributed by atoms with van der Waals surface area (Å²) in [6.07, 6.45) is 1.88. The molecule has 0 aliphatic carbocycles. The molecule has 1 aromatic carbocycles. The third-order valence-corrected chi connectivity index (χ3v) is 4.97. The predicted molar refractivity (Wildman–Crippen MR) is 112 cm³/mol. The fourth-order valence-corrected chi connectivity index (χ4v) is 3.88. The van der Waals surface area contributed by atoms with E-state index in [4.69, 9.17) is 4.74 Å². The number of hydrogen-bond acceptors (Lipinski definition) is 3. The molecule has 1 aliphatic rings. The zero-order valence-electron chi connectivity index (χ0n) is 17.6. The van der Waals surface area contributed by atoms with Gasteiger partial charge >= 0.3 is 5.97 Å². The van der Waals surface area contributed by atoms with Gasteiger partial charge in [-0.15, -0.1) is 0 Å². The topological polar surface area (TPSA) is 62.4 Å². The number of carbonyl (C=O) groups excluding carboxylic acids is 2. The molecule has 1 aromatic heterocycles. The molecule has 0 saturated carbocycles. The fraction of sp³-hybridized carbons (Fsp3) is 0.478. The van der Waals surface area contributed by atoms with E-state index >= 15 is 0 Å². The molecular weight excluding hydrogens is 352 g/mol. The van der Waals surface area contributed by atoms with Crippen molar-refractivity contribution in [3.05, 3.63) is 41.7 Å². The van der Waals surface area contributed by atoms with Gasteiger partial charge in [0.25, 0.3) is 0 Å². The Balaban J connectivity index is 2.19. The third-order valence-electron chi connectivity index (χ3n) is 4.97. The highest BCUT2D eigenvalue weighted by Crippen LogP contribution is 2.40. The maximum absolute atomic E-state index is 13.0. The molecule has 5 heteroatoms. The highest BCUT2D eigenvalue weighted by atomic mass is 16.5. The van der Waals surface area contributed by atoms with Crippen molar-refractivity contribution >= 4 is 28.4 Å². The Hall–Kier alpha value is -2.56. The number of para-hydroxylation sites is 1. The highest BCUT2D eigenvalue weighted by molar-refractivity contribution is 6.18. The van der Waals surface area contributed by atoms with Crippen molar-refractivity contribution in [2.45, 2.75) is 59.5 Å². The number of H-pyrrole nitrogens is 1. The molecule has 1 amide bonds. The molecule has 0 atom stereocenters. The van der Waals surface area contributed by atoms with Crippen molar-refractivity contribution < 1.29 is 14.3 Å². The van der Waals surface area contributed by atoms with Crippen molar-refractivity contribution in [2.24, 2.45) is 5.92 Å². The summed E-state index contributed by atoms with van der Waals surface area (Å²) in [6, 6.07) is 8.03. The van der Waals surface area contributed by atoms with E-state index in [-0.39, 0.29) is 23.3 Å². The van der Waals surface area contributed by atoms with Crippen LogP contribution in [0.5, 0.6) is 0 Å². The molecule has 2 aromatic rings. The molecule has 0 spiro atoms. The van der Waals surface area contributed by atoms with Crippen molar-refractivity contribution in [3.8, 4) is 0 Å². The normalized spacial score (nSPS) is 16.1. The van der Waals surface area contributed by atoms with E-state index in [0.717, 1.165) is 22.2 Å². The van der Waals surface area contributed by atoms with Gasteiger partial charge in [-0.25, -0.2) is 4.79 Å². The summed E-state index contributed by atoms with van der Waals surface area (Å²) in [4.78, 5) is 31.0. The molecular formula is C23H30N2O3. The number of fused-ring (bicyclic) bond motifs is 3. The first kappa shape index (κ1) is 20.2. The second kappa shape index (κ2) is 7.46. The highest BCUT2D eigenvalue weighted by Gasteiger charge is 2.37. The molecule has 150 valence electrons. The maximum atomic E-state index is 13.0. The summed E-state index contributed by atoms with van der Waals surface area (Å²) >= 11 is 0. The van der Waals surface area contributed by atoms with E-state index in [0.29, 0.717) is 18.5 Å². The van der Waals surface area contributed by atoms with Gasteiger partial charge in [0.1, 0.15) is 0 Å². The van der Waals surface area contributed by atoms with Crippen molar-refractivity contribution in [1.82, 2.24) is 9.88 Å². The van der Waals surface area contributed by atoms with E-state index in [9.17, 15) is 9.59 Å². The lowest BCUT2D eigenvalue weighted by molar-refractivity contribution is -0.140. The average Bonchev–Trinajstić information content (AvgIpc) is 2.91. The van der Waals surface area contributed by atoms with E-state index in [1.54, 1.807) is 11.1 Å². The number of esters is 1. The first-order chi connectivity index (χ1) is 13.1. The zero-order chi connectivity index (χ0) is 20.6. The van der Waals surface area contributed by atoms with Crippen molar-refractivity contribution in [3.63, 3.8) is 0 Å². The molecule has 5 nitrogen and oxygen atoms in total. The second-order valence-corrected chi connectivity index (χ2v) is 8.92. The van der Waals surface area contributed by atoms with Gasteiger partial charge in [0.05, 0.1) is 17.4 Å². The number of hydrogen-bond donors (Lipinski definition) is 1. The largest absolute Gasteiger partial charge is 0.459 e. The molecule has 2 heterocycles. The lowest BCUT2D eigenvalue weighted by atomic mass is 9.81. The van der Waals surface area contributed by atoms with E-state index in [1.165, 1.54) is 0 Å². The summed E-state index contributed by atoms with van der Waals surface area (Å²) in [5, 5.41) is 1.07. The lowest BCUT2D eigenvalue weighted by Gasteiger charge is -2.30. The Kier molecular flexibility index (Phi) is 5.37. The molecule has 3 rings (SSSR count). The number of ether oxygens (including phenoxy) is 1. The fourth-order valence-electron chi connectivity index (χ4n) is 3.88. The number of aromatic amines is 1. The van der Waals surface area contributed by atoms with Crippen LogP contribution < -0.4 is 0 Å². The molecule has 0 fully saturated rings. The molecule has 0 saturated heterocycles. The number of nitrogens with zero attached hydrogens (tertiary/aromatic N) is 1. The summed E-state index contributed by atoms with van der Waals surface area (Å²) in [6.45, 7) is 12.4. The Morgan fingerprint density at radius 2 is 1.86 bits per heavy atom. The van der Waals surface area contributed by atoms with Crippen LogP contribution in [0.1, 0.15) is 59.2 Å². The van der Waals surface area contributed by atoms with Crippen molar-refractivity contribution in [2.75, 3.05) is 6.54 Å². The monoisotopic (exact) mass is 382 g/mol. The third kappa shape index (κ3) is 3.84. The van der Waals surface area contributed by atoms with Crippen LogP contribution in [-0.4, -0.2) is 34.4 Å². The minimum absolute atomic E-state index is 0.0207. The SMILES string of the molecule is CC(C)CC(=O)N1C=C(C(=O)OC(C)C)c2[nH]c3ccccc3c2C(C)(C)C1. The Morgan fingerprint density at radius 1 is 1.18 bits per heavy atom. The van der Waals surface area contributed by atoms with Gasteiger partial charge in [0.15, 0.2) is 0 Å². The molecule has 0 radical (unpaired) electrons. The molecule has 0 bridgehead atoms. The Morgan fingerprint density at radius 3 is 2.50 bits per heavy atom. The lowest BCUT2D eigenvalue weighted by Crippen LogP contribution is -2.37. The molecule has 0 unspecified atom stereocenters. The van der Waals surface area contributed by atoms with Crippen molar-refractivity contribution in [1.29, 1.82) is 0 Å². The molecule has 28 heavy (non-hydrogen) atoms. The van der Waals surface area contributed by atoms with Gasteiger partial charge in [0, 0.05) is 35.5 Å². The van der Waals surface area contributed by atoms with Crippen LogP contribution in [-0.2, 0) is 19.7 Å². The summed E-state index contributed by atoms with van der Waals surface area (Å²) in [7, 11) is 0. The predicted octanol–water partition coefficient (Wildman–Crippen LogP) is 4.63. The van der Waals surface area contributed by atoms with Crippen LogP contribution >= 0.6 is 0 Å². The van der Waals surface area contributed by atoms with Crippen LogP contribution in [0.25, 0.3) is 16.5 Å². The standard InChI is InChI=1S/C23H30N2O3/c1-14(2)11-19(26)25-12-17(22(27)28-15(3)4)21-20(23(5,6)13-25)16-9-7-8-10-18(16)24-21/h7-10,12,14-15,24H,11,13H2,1-6H3. The van der Waals surface area contributed by atoms with Crippen LogP contribution in [0.4, 0.5) is 0 Å². The summed E-state index contributed by atoms with van der Waals surface area (Å²) < 4.78 is 5.51. The second-order valence-electron chi connectivity index (χ2n) is 8.92. The van der Waals surface area contributed by atoms with E-state index in [1.807, 2.05) is 45.9 Å². The van der Waals surface area contributed by atoms with Crippen LogP contribution in [0, 0.1) is 5.92 Å². The Bertz CT molecular complexity index is 934. The average molecular weight is 383 g/mol. The van der Waals surface area contributed by atoms with Gasteiger partial charge in [-0.3, -0.25) is 4.79 Å². The minimum atomic E-state index is -0.414. The van der Waals surface area contributed by atoms with Gasteiger partial charge < -0.3 is 14.6 Å². The number of carbonyl (C=O) groups is 2. The number of aromatic nitrogens is 1. The zero-order valence-corrected chi connectivity index (χ0v) is 17.6. The first-order valence-electron chi connectivity index (χ1n) is 9.94. The number of amides is 1. The van der Waals surface area contributed by atoms with Gasteiger partial charge in [-0.2, -0.15) is 0 Å². The van der Waals surface area contributed by atoms with E-state index < -0.39 is 5.97 Å². The quantitative estimate of drug-likeness (QED) is 0.785. The number of nitrogens with one attached hydrogen (secondary N) is 1. The summed E-state index contributed by atoms with van der Waals surface area (Å²) in [5.41, 5.74) is 2.85. The van der Waals surface area contributed by atoms with Gasteiger partial charge in [-0.1, -0.05) is 45.9 Å². The smallest absolute Gasteiger partial charge is 0.342 e. The Labute approximate surface area is 166 Å². The molecule has 1 aliphatic heterocycles. The summed E-state index contributed by atoms with van der Waals surface area (Å²) in [5.74, 6) is -0.146. The maximum Gasteiger partial charge on any atom is 0.342 e. The van der Waals surface area contributed by atoms with Gasteiger partial charge in [0.2, 0.25) is 5.91 Å². The number of benzene rings is 1. The first-order valence-corrected chi connectivity index (χ1v) is 9.94. The molecule has 1 N–H and O–H groups in total. The van der Waals surface area contributed by atoms with Crippen LogP contribution in [0.3, 0.4) is 0 Å². The number of rotatable bonds is 4. The minimum Gasteiger partial charge on any atom is -0.459 e. The van der Waals surface area contributed by atoms with E-state index in [2.05, 4.69) is 24.9 Å².